The van der Waals surface area contributed by atoms with E-state index >= 15 is 0 Å². The van der Waals surface area contributed by atoms with Crippen LogP contribution in [0.15, 0.2) is 12.7 Å². The van der Waals surface area contributed by atoms with Crippen LogP contribution in [0.5, 0.6) is 0 Å². The summed E-state index contributed by atoms with van der Waals surface area (Å²) < 4.78 is -0.709. The van der Waals surface area contributed by atoms with Gasteiger partial charge in [-0.3, -0.25) is 14.4 Å². The zero-order valence-corrected chi connectivity index (χ0v) is 18.4. The van der Waals surface area contributed by atoms with Crippen molar-refractivity contribution in [1.29, 1.82) is 0 Å². The molecule has 4 rings (SSSR count). The van der Waals surface area contributed by atoms with Gasteiger partial charge < -0.3 is 20.0 Å². The van der Waals surface area contributed by atoms with Crippen molar-refractivity contribution in [3.8, 4) is 0 Å². The monoisotopic (exact) mass is 436 g/mol. The van der Waals surface area contributed by atoms with Crippen molar-refractivity contribution >= 4 is 29.5 Å². The van der Waals surface area contributed by atoms with Crippen LogP contribution in [0.3, 0.4) is 0 Å². The van der Waals surface area contributed by atoms with E-state index < -0.39 is 34.6 Å². The molecule has 3 heterocycles. The number of hydrogen-bond donors (Lipinski definition) is 2. The normalized spacial score (nSPS) is 36.6. The third-order valence-electron chi connectivity index (χ3n) is 7.62. The predicted octanol–water partition coefficient (Wildman–Crippen LogP) is 1.89. The average Bonchev–Trinajstić information content (AvgIpc) is 3.39. The Balaban J connectivity index is 1.74. The van der Waals surface area contributed by atoms with Crippen molar-refractivity contribution in [1.82, 2.24) is 9.80 Å². The van der Waals surface area contributed by atoms with Gasteiger partial charge in [0.1, 0.15) is 6.04 Å². The summed E-state index contributed by atoms with van der Waals surface area (Å²) >= 11 is 1.54. The number of rotatable bonds is 7. The van der Waals surface area contributed by atoms with Gasteiger partial charge >= 0.3 is 5.97 Å². The number of carboxylic acid groups (broad SMARTS) is 1. The van der Waals surface area contributed by atoms with Gasteiger partial charge in [-0.1, -0.05) is 25.3 Å². The minimum atomic E-state index is -0.952. The Labute approximate surface area is 181 Å². The molecule has 2 bridgehead atoms. The zero-order chi connectivity index (χ0) is 21.6. The van der Waals surface area contributed by atoms with Crippen molar-refractivity contribution in [2.75, 3.05) is 13.2 Å². The summed E-state index contributed by atoms with van der Waals surface area (Å²) in [5.41, 5.74) is 0. The number of carbonyl (C=O) groups excluding carboxylic acids is 2. The highest BCUT2D eigenvalue weighted by Crippen LogP contribution is 2.66. The van der Waals surface area contributed by atoms with E-state index in [1.807, 2.05) is 4.90 Å². The van der Waals surface area contributed by atoms with E-state index in [0.717, 1.165) is 25.7 Å². The number of fused-ring (bicyclic) bond motifs is 1. The number of likely N-dealkylation sites (tertiary alicyclic amines) is 1. The van der Waals surface area contributed by atoms with Crippen LogP contribution >= 0.6 is 11.8 Å². The lowest BCUT2D eigenvalue weighted by atomic mass is 9.71. The molecule has 2 unspecified atom stereocenters. The number of thioether (sulfide) groups is 1. The maximum atomic E-state index is 14.1. The molecule has 1 spiro atoms. The van der Waals surface area contributed by atoms with Gasteiger partial charge in [-0.25, -0.2) is 0 Å². The van der Waals surface area contributed by atoms with E-state index in [0.29, 0.717) is 19.4 Å². The largest absolute Gasteiger partial charge is 0.481 e. The molecule has 0 radical (unpaired) electrons. The lowest BCUT2D eigenvalue weighted by Crippen LogP contribution is -2.58. The Morgan fingerprint density at radius 1 is 1.33 bits per heavy atom. The van der Waals surface area contributed by atoms with Crippen molar-refractivity contribution in [2.45, 2.75) is 80.0 Å². The van der Waals surface area contributed by atoms with E-state index in [-0.39, 0.29) is 29.7 Å². The summed E-state index contributed by atoms with van der Waals surface area (Å²) in [5, 5.41) is 19.6. The van der Waals surface area contributed by atoms with Crippen LogP contribution in [0.4, 0.5) is 0 Å². The summed E-state index contributed by atoms with van der Waals surface area (Å²) in [4.78, 5) is 43.0. The minimum Gasteiger partial charge on any atom is -0.481 e. The van der Waals surface area contributed by atoms with Gasteiger partial charge in [0.05, 0.1) is 29.2 Å². The smallest absolute Gasteiger partial charge is 0.308 e. The van der Waals surface area contributed by atoms with Crippen molar-refractivity contribution < 1.29 is 24.6 Å². The molecule has 3 saturated heterocycles. The molecule has 1 saturated carbocycles. The van der Waals surface area contributed by atoms with Crippen LogP contribution in [-0.2, 0) is 14.4 Å². The number of nitrogens with zero attached hydrogens (tertiary/aromatic N) is 2. The summed E-state index contributed by atoms with van der Waals surface area (Å²) in [5.74, 6) is -2.78. The van der Waals surface area contributed by atoms with E-state index in [4.69, 9.17) is 0 Å². The molecule has 6 atom stereocenters. The fourth-order valence-electron chi connectivity index (χ4n) is 6.32. The first-order valence-electron chi connectivity index (χ1n) is 11.1. The summed E-state index contributed by atoms with van der Waals surface area (Å²) in [6.45, 7) is 5.75. The molecule has 0 aromatic rings. The second-order valence-electron chi connectivity index (χ2n) is 9.24. The Kier molecular flexibility index (Phi) is 5.92. The standard InChI is InChI=1S/C22H32N2O5S/c1-3-11-23(14-7-5-4-6-8-14)20(27)18-22-10-9-15(30-22)16(21(28)29)17(22)19(26)24(18)13(2)12-25/h3,13-18,25H,1,4-12H2,2H3,(H,28,29)/t13-,15+,16-,17+,18?,22?/m1/s1. The highest BCUT2D eigenvalue weighted by Gasteiger charge is 2.74. The van der Waals surface area contributed by atoms with Gasteiger partial charge in [-0.15, -0.1) is 18.3 Å². The van der Waals surface area contributed by atoms with Gasteiger partial charge in [0.25, 0.3) is 0 Å². The number of aliphatic hydroxyl groups excluding tert-OH is 1. The first-order valence-corrected chi connectivity index (χ1v) is 12.0. The summed E-state index contributed by atoms with van der Waals surface area (Å²) in [6.07, 6.45) is 8.33. The Hall–Kier alpha value is -1.54. The van der Waals surface area contributed by atoms with Crippen LogP contribution in [0.25, 0.3) is 0 Å². The minimum absolute atomic E-state index is 0.0999. The summed E-state index contributed by atoms with van der Waals surface area (Å²) in [7, 11) is 0. The quantitative estimate of drug-likeness (QED) is 0.592. The van der Waals surface area contributed by atoms with Gasteiger partial charge in [0.2, 0.25) is 11.8 Å². The molecule has 7 nitrogen and oxygen atoms in total. The van der Waals surface area contributed by atoms with E-state index in [1.165, 1.54) is 11.3 Å². The molecule has 2 amide bonds. The highest BCUT2D eigenvalue weighted by molar-refractivity contribution is 8.02. The second kappa shape index (κ2) is 8.19. The molecule has 0 aromatic carbocycles. The van der Waals surface area contributed by atoms with E-state index in [9.17, 15) is 24.6 Å². The van der Waals surface area contributed by atoms with Gasteiger partial charge in [-0.2, -0.15) is 0 Å². The number of carboxylic acids is 1. The molecule has 3 aliphatic heterocycles. The number of amides is 2. The van der Waals surface area contributed by atoms with Crippen molar-refractivity contribution in [3.63, 3.8) is 0 Å². The Morgan fingerprint density at radius 3 is 2.63 bits per heavy atom. The fourth-order valence-corrected chi connectivity index (χ4v) is 8.51. The number of carbonyl (C=O) groups is 3. The average molecular weight is 437 g/mol. The molecule has 166 valence electrons. The van der Waals surface area contributed by atoms with Crippen molar-refractivity contribution in [3.05, 3.63) is 12.7 Å². The first kappa shape index (κ1) is 21.7. The molecule has 2 N–H and O–H groups in total. The number of aliphatic carboxylic acids is 1. The topological polar surface area (TPSA) is 98.2 Å². The number of aliphatic hydroxyl groups is 1. The molecule has 8 heteroatoms. The molecular formula is C22H32N2O5S. The maximum absolute atomic E-state index is 14.1. The molecule has 0 aromatic heterocycles. The first-order chi connectivity index (χ1) is 14.4. The lowest BCUT2D eigenvalue weighted by molar-refractivity contribution is -0.150. The van der Waals surface area contributed by atoms with Crippen LogP contribution in [0, 0.1) is 11.8 Å². The molecule has 30 heavy (non-hydrogen) atoms. The van der Waals surface area contributed by atoms with Gasteiger partial charge in [-0.05, 0) is 32.6 Å². The maximum Gasteiger partial charge on any atom is 0.308 e. The lowest BCUT2D eigenvalue weighted by Gasteiger charge is -2.42. The molecule has 4 aliphatic rings. The van der Waals surface area contributed by atoms with Crippen LogP contribution in [-0.4, -0.2) is 79.1 Å². The second-order valence-corrected chi connectivity index (χ2v) is 10.8. The highest BCUT2D eigenvalue weighted by atomic mass is 32.2. The third-order valence-corrected chi connectivity index (χ3v) is 9.57. The van der Waals surface area contributed by atoms with E-state index in [1.54, 1.807) is 24.8 Å². The van der Waals surface area contributed by atoms with Crippen molar-refractivity contribution in [2.24, 2.45) is 11.8 Å². The fraction of sp³-hybridized carbons (Fsp3) is 0.773. The van der Waals surface area contributed by atoms with Crippen LogP contribution < -0.4 is 0 Å². The zero-order valence-electron chi connectivity index (χ0n) is 17.5. The van der Waals surface area contributed by atoms with E-state index in [2.05, 4.69) is 6.58 Å². The Bertz CT molecular complexity index is 739. The third kappa shape index (κ3) is 3.09. The predicted molar refractivity (Wildman–Crippen MR) is 114 cm³/mol. The SMILES string of the molecule is C=CCN(C(=O)C1N([C@H](C)CO)C(=O)[C@@H]2[C@H](C(=O)O)[C@@H]3CCC12S3)C1CCCCC1. The Morgan fingerprint density at radius 2 is 2.03 bits per heavy atom. The van der Waals surface area contributed by atoms with Crippen LogP contribution in [0.2, 0.25) is 0 Å². The number of hydrogen-bond acceptors (Lipinski definition) is 5. The van der Waals surface area contributed by atoms with Crippen LogP contribution in [0.1, 0.15) is 51.9 Å². The summed E-state index contributed by atoms with van der Waals surface area (Å²) in [6, 6.07) is -1.13. The molecule has 1 aliphatic carbocycles. The molecule has 4 fully saturated rings. The van der Waals surface area contributed by atoms with Gasteiger partial charge in [0, 0.05) is 17.8 Å². The van der Waals surface area contributed by atoms with Gasteiger partial charge in [0.15, 0.2) is 0 Å². The molecular weight excluding hydrogens is 404 g/mol.